The van der Waals surface area contributed by atoms with Gasteiger partial charge in [0.05, 0.1) is 4.90 Å². The van der Waals surface area contributed by atoms with Crippen molar-refractivity contribution in [3.8, 4) is 0 Å². The highest BCUT2D eigenvalue weighted by Crippen LogP contribution is 2.62. The van der Waals surface area contributed by atoms with Crippen molar-refractivity contribution in [2.24, 2.45) is 16.7 Å². The van der Waals surface area contributed by atoms with Crippen molar-refractivity contribution in [3.05, 3.63) is 29.3 Å². The molecule has 1 amide bonds. The SMILES string of the molecule is CC(C)c1ccc(C(=O)NC2C3(C)CCC(C3)C2(C)C)cc1S(=O)(=O)N1CCCCC1. The van der Waals surface area contributed by atoms with Gasteiger partial charge in [0.2, 0.25) is 10.0 Å². The maximum Gasteiger partial charge on any atom is 0.251 e. The predicted molar refractivity (Wildman–Crippen MR) is 124 cm³/mol. The van der Waals surface area contributed by atoms with Crippen LogP contribution < -0.4 is 5.32 Å². The zero-order chi connectivity index (χ0) is 22.6. The quantitative estimate of drug-likeness (QED) is 0.697. The summed E-state index contributed by atoms with van der Waals surface area (Å²) in [4.78, 5) is 13.6. The molecule has 1 heterocycles. The summed E-state index contributed by atoms with van der Waals surface area (Å²) in [5.74, 6) is 0.550. The van der Waals surface area contributed by atoms with Gasteiger partial charge in [0.15, 0.2) is 0 Å². The zero-order valence-corrected chi connectivity index (χ0v) is 20.5. The van der Waals surface area contributed by atoms with Crippen molar-refractivity contribution in [1.82, 2.24) is 9.62 Å². The van der Waals surface area contributed by atoms with Crippen LogP contribution in [0.25, 0.3) is 0 Å². The van der Waals surface area contributed by atoms with Crippen LogP contribution >= 0.6 is 0 Å². The lowest BCUT2D eigenvalue weighted by atomic mass is 9.68. The smallest absolute Gasteiger partial charge is 0.251 e. The van der Waals surface area contributed by atoms with E-state index >= 15 is 0 Å². The van der Waals surface area contributed by atoms with Crippen molar-refractivity contribution in [2.75, 3.05) is 13.1 Å². The van der Waals surface area contributed by atoms with E-state index in [0.29, 0.717) is 29.5 Å². The van der Waals surface area contributed by atoms with E-state index in [2.05, 4.69) is 26.1 Å². The Labute approximate surface area is 188 Å². The van der Waals surface area contributed by atoms with Gasteiger partial charge in [0.1, 0.15) is 0 Å². The Bertz CT molecular complexity index is 958. The van der Waals surface area contributed by atoms with Crippen LogP contribution in [0.3, 0.4) is 0 Å². The number of nitrogens with zero attached hydrogens (tertiary/aromatic N) is 1. The summed E-state index contributed by atoms with van der Waals surface area (Å²) in [6.45, 7) is 12.0. The average molecular weight is 447 g/mol. The first-order valence-electron chi connectivity index (χ1n) is 11.9. The first-order chi connectivity index (χ1) is 14.5. The van der Waals surface area contributed by atoms with E-state index in [-0.39, 0.29) is 28.7 Å². The summed E-state index contributed by atoms with van der Waals surface area (Å²) in [6.07, 6.45) is 6.40. The van der Waals surface area contributed by atoms with E-state index in [1.165, 1.54) is 6.42 Å². The molecule has 4 rings (SSSR count). The highest BCUT2D eigenvalue weighted by atomic mass is 32.2. The molecule has 3 aliphatic rings. The Morgan fingerprint density at radius 1 is 1.13 bits per heavy atom. The van der Waals surface area contributed by atoms with Crippen LogP contribution in [0.5, 0.6) is 0 Å². The van der Waals surface area contributed by atoms with Crippen molar-refractivity contribution >= 4 is 15.9 Å². The van der Waals surface area contributed by atoms with Crippen LogP contribution in [0.4, 0.5) is 0 Å². The molecule has 0 radical (unpaired) electrons. The molecule has 2 saturated carbocycles. The second-order valence-corrected chi connectivity index (χ2v) is 13.1. The van der Waals surface area contributed by atoms with Gasteiger partial charge < -0.3 is 5.32 Å². The van der Waals surface area contributed by atoms with E-state index in [9.17, 15) is 13.2 Å². The minimum absolute atomic E-state index is 0.0588. The van der Waals surface area contributed by atoms with E-state index in [0.717, 1.165) is 37.7 Å². The van der Waals surface area contributed by atoms with Crippen LogP contribution in [-0.4, -0.2) is 37.8 Å². The summed E-state index contributed by atoms with van der Waals surface area (Å²) in [5, 5.41) is 3.32. The number of sulfonamides is 1. The van der Waals surface area contributed by atoms with Crippen molar-refractivity contribution < 1.29 is 13.2 Å². The lowest BCUT2D eigenvalue weighted by Crippen LogP contribution is -2.52. The van der Waals surface area contributed by atoms with E-state index in [1.54, 1.807) is 16.4 Å². The second kappa shape index (κ2) is 7.87. The van der Waals surface area contributed by atoms with Gasteiger partial charge in [-0.1, -0.05) is 47.1 Å². The standard InChI is InChI=1S/C25H38N2O3S/c1-17(2)20-10-9-18(15-21(20)31(29,30)27-13-7-6-8-14-27)22(28)26-23-24(3,4)19-11-12-25(23,5)16-19/h9-10,15,17,19,23H,6-8,11-14,16H2,1-5H3,(H,26,28). The number of fused-ring (bicyclic) bond motifs is 2. The number of piperidine rings is 1. The van der Waals surface area contributed by atoms with Gasteiger partial charge in [-0.25, -0.2) is 8.42 Å². The number of amides is 1. The fraction of sp³-hybridized carbons (Fsp3) is 0.720. The monoisotopic (exact) mass is 446 g/mol. The first kappa shape index (κ1) is 22.8. The number of nitrogens with one attached hydrogen (secondary N) is 1. The minimum atomic E-state index is -3.61. The Morgan fingerprint density at radius 3 is 2.39 bits per heavy atom. The number of hydrogen-bond donors (Lipinski definition) is 1. The highest BCUT2D eigenvalue weighted by molar-refractivity contribution is 7.89. The van der Waals surface area contributed by atoms with Crippen LogP contribution in [0.1, 0.15) is 95.0 Å². The Balaban J connectivity index is 1.65. The fourth-order valence-corrected chi connectivity index (χ4v) is 8.39. The molecule has 0 aromatic heterocycles. The molecule has 31 heavy (non-hydrogen) atoms. The number of carbonyl (C=O) groups excluding carboxylic acids is 1. The number of hydrogen-bond acceptors (Lipinski definition) is 3. The topological polar surface area (TPSA) is 66.5 Å². The van der Waals surface area contributed by atoms with Crippen LogP contribution in [0.15, 0.2) is 23.1 Å². The van der Waals surface area contributed by atoms with E-state index < -0.39 is 10.0 Å². The molecule has 3 atom stereocenters. The third kappa shape index (κ3) is 3.84. The van der Waals surface area contributed by atoms with Gasteiger partial charge in [-0.3, -0.25) is 4.79 Å². The normalized spacial score (nSPS) is 30.6. The molecule has 6 heteroatoms. The first-order valence-corrected chi connectivity index (χ1v) is 13.4. The minimum Gasteiger partial charge on any atom is -0.348 e. The van der Waals surface area contributed by atoms with Crippen molar-refractivity contribution in [1.29, 1.82) is 0 Å². The third-order valence-corrected chi connectivity index (χ3v) is 10.3. The lowest BCUT2D eigenvalue weighted by molar-refractivity contribution is 0.0737. The molecule has 1 N–H and O–H groups in total. The Hall–Kier alpha value is -1.40. The second-order valence-electron chi connectivity index (χ2n) is 11.2. The predicted octanol–water partition coefficient (Wildman–Crippen LogP) is 4.93. The average Bonchev–Trinajstić information content (AvgIpc) is 3.22. The van der Waals surface area contributed by atoms with E-state index in [1.807, 2.05) is 19.9 Å². The zero-order valence-electron chi connectivity index (χ0n) is 19.7. The van der Waals surface area contributed by atoms with Gasteiger partial charge in [-0.2, -0.15) is 4.31 Å². The fourth-order valence-electron chi connectivity index (χ4n) is 6.50. The summed E-state index contributed by atoms with van der Waals surface area (Å²) in [5.41, 5.74) is 1.42. The van der Waals surface area contributed by atoms with Gasteiger partial charge in [0.25, 0.3) is 5.91 Å². The number of rotatable bonds is 5. The summed E-state index contributed by atoms with van der Waals surface area (Å²) in [6, 6.07) is 5.36. The molecule has 3 unspecified atom stereocenters. The molecule has 1 saturated heterocycles. The molecule has 2 bridgehead atoms. The molecule has 1 aliphatic heterocycles. The molecule has 172 valence electrons. The van der Waals surface area contributed by atoms with Crippen molar-refractivity contribution in [2.45, 2.75) is 90.0 Å². The number of benzene rings is 1. The van der Waals surface area contributed by atoms with Gasteiger partial charge in [-0.15, -0.1) is 0 Å². The third-order valence-electron chi connectivity index (χ3n) is 8.38. The van der Waals surface area contributed by atoms with Crippen LogP contribution in [0, 0.1) is 16.7 Å². The lowest BCUT2D eigenvalue weighted by Gasteiger charge is -2.43. The molecule has 5 nitrogen and oxygen atoms in total. The van der Waals surface area contributed by atoms with Crippen LogP contribution in [-0.2, 0) is 10.0 Å². The molecule has 2 aliphatic carbocycles. The Morgan fingerprint density at radius 2 is 1.81 bits per heavy atom. The molecule has 3 fully saturated rings. The Kier molecular flexibility index (Phi) is 5.79. The van der Waals surface area contributed by atoms with Gasteiger partial charge >= 0.3 is 0 Å². The largest absolute Gasteiger partial charge is 0.348 e. The molecule has 0 spiro atoms. The molecule has 1 aromatic rings. The summed E-state index contributed by atoms with van der Waals surface area (Å²) < 4.78 is 28.6. The molecular weight excluding hydrogens is 408 g/mol. The maximum atomic E-state index is 13.5. The highest BCUT2D eigenvalue weighted by Gasteiger charge is 2.59. The van der Waals surface area contributed by atoms with Crippen LogP contribution in [0.2, 0.25) is 0 Å². The van der Waals surface area contributed by atoms with Crippen molar-refractivity contribution in [3.63, 3.8) is 0 Å². The van der Waals surface area contributed by atoms with E-state index in [4.69, 9.17) is 0 Å². The maximum absolute atomic E-state index is 13.5. The molecular formula is C25H38N2O3S. The summed E-state index contributed by atoms with van der Waals surface area (Å²) >= 11 is 0. The summed E-state index contributed by atoms with van der Waals surface area (Å²) in [7, 11) is -3.61. The molecule has 1 aromatic carbocycles. The number of carbonyl (C=O) groups is 1. The van der Waals surface area contributed by atoms with Gasteiger partial charge in [0, 0.05) is 24.7 Å². The van der Waals surface area contributed by atoms with Gasteiger partial charge in [-0.05, 0) is 72.5 Å².